The fourth-order valence-corrected chi connectivity index (χ4v) is 1.93. The van der Waals surface area contributed by atoms with Gasteiger partial charge in [-0.05, 0) is 39.8 Å². The number of carbonyl (C=O) groups excluding carboxylic acids is 2. The van der Waals surface area contributed by atoms with Crippen molar-refractivity contribution in [2.75, 3.05) is 19.0 Å². The van der Waals surface area contributed by atoms with Gasteiger partial charge in [0.1, 0.15) is 5.69 Å². The Balaban J connectivity index is 2.94. The molecule has 0 bridgehead atoms. The molecule has 1 unspecified atom stereocenters. The highest BCUT2D eigenvalue weighted by Gasteiger charge is 2.25. The number of nitrogens with one attached hydrogen (secondary N) is 1. The topological polar surface area (TPSA) is 102 Å². The van der Waals surface area contributed by atoms with E-state index in [1.807, 2.05) is 20.8 Å². The summed E-state index contributed by atoms with van der Waals surface area (Å²) in [6.45, 7) is 6.87. The van der Waals surface area contributed by atoms with Gasteiger partial charge in [-0.15, -0.1) is 0 Å². The number of nitro groups is 1. The number of amides is 1. The Labute approximate surface area is 140 Å². The van der Waals surface area contributed by atoms with Crippen LogP contribution in [0.25, 0.3) is 0 Å². The van der Waals surface area contributed by atoms with Crippen molar-refractivity contribution >= 4 is 23.3 Å². The number of ether oxygens (including phenoxy) is 1. The van der Waals surface area contributed by atoms with Crippen molar-refractivity contribution in [1.29, 1.82) is 0 Å². The van der Waals surface area contributed by atoms with E-state index in [1.54, 1.807) is 19.0 Å². The molecule has 0 aliphatic rings. The van der Waals surface area contributed by atoms with Crippen molar-refractivity contribution in [3.63, 3.8) is 0 Å². The van der Waals surface area contributed by atoms with Gasteiger partial charge in [0.05, 0.1) is 10.5 Å². The van der Waals surface area contributed by atoms with Crippen molar-refractivity contribution in [3.8, 4) is 0 Å². The van der Waals surface area contributed by atoms with E-state index in [1.165, 1.54) is 19.1 Å². The molecule has 1 aromatic carbocycles. The summed E-state index contributed by atoms with van der Waals surface area (Å²) < 4.78 is 5.09. The Morgan fingerprint density at radius 3 is 2.33 bits per heavy atom. The SMILES string of the molecule is CC(OC(=O)c1ccc(N(C)C)c([N+](=O)[O-])c1)C(=O)NC(C)(C)C. The molecule has 1 amide bonds. The Morgan fingerprint density at radius 1 is 1.29 bits per heavy atom. The van der Waals surface area contributed by atoms with Gasteiger partial charge in [0.25, 0.3) is 11.6 Å². The molecule has 0 saturated heterocycles. The minimum absolute atomic E-state index is 0.0164. The molecular formula is C16H23N3O5. The maximum atomic E-state index is 12.1. The molecule has 1 N–H and O–H groups in total. The van der Waals surface area contributed by atoms with E-state index in [0.717, 1.165) is 6.07 Å². The summed E-state index contributed by atoms with van der Waals surface area (Å²) in [6, 6.07) is 4.04. The second-order valence-electron chi connectivity index (χ2n) is 6.64. The molecular weight excluding hydrogens is 314 g/mol. The van der Waals surface area contributed by atoms with Gasteiger partial charge in [-0.3, -0.25) is 14.9 Å². The standard InChI is InChI=1S/C16H23N3O5/c1-10(14(20)17-16(2,3)4)24-15(21)11-7-8-12(18(5)6)13(9-11)19(22)23/h7-10H,1-6H3,(H,17,20). The van der Waals surface area contributed by atoms with E-state index in [9.17, 15) is 19.7 Å². The van der Waals surface area contributed by atoms with Crippen LogP contribution in [0, 0.1) is 10.1 Å². The van der Waals surface area contributed by atoms with E-state index in [4.69, 9.17) is 4.74 Å². The van der Waals surface area contributed by atoms with Crippen LogP contribution in [-0.2, 0) is 9.53 Å². The lowest BCUT2D eigenvalue weighted by Gasteiger charge is -2.23. The molecule has 0 aliphatic heterocycles. The van der Waals surface area contributed by atoms with Crippen LogP contribution in [-0.4, -0.2) is 42.5 Å². The van der Waals surface area contributed by atoms with E-state index in [-0.39, 0.29) is 11.3 Å². The molecule has 0 heterocycles. The summed E-state index contributed by atoms with van der Waals surface area (Å²) in [4.78, 5) is 36.2. The fourth-order valence-electron chi connectivity index (χ4n) is 1.93. The molecule has 1 aromatic rings. The van der Waals surface area contributed by atoms with Crippen LogP contribution < -0.4 is 10.2 Å². The lowest BCUT2D eigenvalue weighted by molar-refractivity contribution is -0.384. The molecule has 132 valence electrons. The number of hydrogen-bond acceptors (Lipinski definition) is 6. The molecule has 0 spiro atoms. The van der Waals surface area contributed by atoms with Crippen LogP contribution in [0.5, 0.6) is 0 Å². The number of benzene rings is 1. The van der Waals surface area contributed by atoms with E-state index in [0.29, 0.717) is 5.69 Å². The Hall–Kier alpha value is -2.64. The predicted octanol–water partition coefficient (Wildman–Crippen LogP) is 2.12. The maximum Gasteiger partial charge on any atom is 0.339 e. The van der Waals surface area contributed by atoms with Crippen LogP contribution >= 0.6 is 0 Å². The highest BCUT2D eigenvalue weighted by molar-refractivity contribution is 5.93. The molecule has 1 atom stereocenters. The van der Waals surface area contributed by atoms with Crippen molar-refractivity contribution in [3.05, 3.63) is 33.9 Å². The quantitative estimate of drug-likeness (QED) is 0.502. The number of nitrogens with zero attached hydrogens (tertiary/aromatic N) is 2. The first-order valence-corrected chi connectivity index (χ1v) is 7.41. The molecule has 0 fully saturated rings. The van der Waals surface area contributed by atoms with Gasteiger partial charge in [-0.25, -0.2) is 4.79 Å². The van der Waals surface area contributed by atoms with Gasteiger partial charge in [-0.2, -0.15) is 0 Å². The summed E-state index contributed by atoms with van der Waals surface area (Å²) in [5, 5.41) is 13.8. The normalized spacial score (nSPS) is 12.2. The molecule has 1 rings (SSSR count). The first-order valence-electron chi connectivity index (χ1n) is 7.41. The Kier molecular flexibility index (Phi) is 5.89. The summed E-state index contributed by atoms with van der Waals surface area (Å²) >= 11 is 0. The molecule has 0 saturated carbocycles. The second-order valence-corrected chi connectivity index (χ2v) is 6.64. The number of rotatable bonds is 5. The maximum absolute atomic E-state index is 12.1. The number of carbonyl (C=O) groups is 2. The Bertz CT molecular complexity index is 650. The zero-order valence-corrected chi connectivity index (χ0v) is 14.7. The highest BCUT2D eigenvalue weighted by atomic mass is 16.6. The van der Waals surface area contributed by atoms with Gasteiger partial charge in [-0.1, -0.05) is 0 Å². The zero-order chi connectivity index (χ0) is 18.7. The minimum Gasteiger partial charge on any atom is -0.449 e. The largest absolute Gasteiger partial charge is 0.449 e. The van der Waals surface area contributed by atoms with Crippen LogP contribution in [0.2, 0.25) is 0 Å². The van der Waals surface area contributed by atoms with Crippen molar-refractivity contribution < 1.29 is 19.2 Å². The van der Waals surface area contributed by atoms with Gasteiger partial charge < -0.3 is 15.0 Å². The smallest absolute Gasteiger partial charge is 0.339 e. The predicted molar refractivity (Wildman–Crippen MR) is 90.2 cm³/mol. The van der Waals surface area contributed by atoms with Gasteiger partial charge in [0.2, 0.25) is 0 Å². The van der Waals surface area contributed by atoms with Crippen molar-refractivity contribution in [2.45, 2.75) is 39.3 Å². The lowest BCUT2D eigenvalue weighted by atomic mass is 10.1. The second kappa shape index (κ2) is 7.29. The minimum atomic E-state index is -1.01. The number of hydrogen-bond donors (Lipinski definition) is 1. The van der Waals surface area contributed by atoms with Crippen LogP contribution in [0.3, 0.4) is 0 Å². The molecule has 8 heteroatoms. The van der Waals surface area contributed by atoms with Gasteiger partial charge in [0, 0.05) is 25.7 Å². The monoisotopic (exact) mass is 337 g/mol. The Morgan fingerprint density at radius 2 is 1.88 bits per heavy atom. The van der Waals surface area contributed by atoms with Crippen LogP contribution in [0.15, 0.2) is 18.2 Å². The van der Waals surface area contributed by atoms with Gasteiger partial charge in [0.15, 0.2) is 6.10 Å². The van der Waals surface area contributed by atoms with E-state index < -0.39 is 28.4 Å². The van der Waals surface area contributed by atoms with Crippen molar-refractivity contribution in [1.82, 2.24) is 5.32 Å². The highest BCUT2D eigenvalue weighted by Crippen LogP contribution is 2.28. The first kappa shape index (κ1) is 19.4. The summed E-state index contributed by atoms with van der Waals surface area (Å²) in [7, 11) is 3.33. The number of anilines is 1. The third kappa shape index (κ3) is 5.22. The average Bonchev–Trinajstić information content (AvgIpc) is 2.44. The molecule has 24 heavy (non-hydrogen) atoms. The molecule has 0 aliphatic carbocycles. The van der Waals surface area contributed by atoms with Crippen molar-refractivity contribution in [2.24, 2.45) is 0 Å². The molecule has 0 aromatic heterocycles. The van der Waals surface area contributed by atoms with E-state index in [2.05, 4.69) is 5.32 Å². The number of nitro benzene ring substituents is 1. The van der Waals surface area contributed by atoms with Crippen LogP contribution in [0.4, 0.5) is 11.4 Å². The number of esters is 1. The molecule has 8 nitrogen and oxygen atoms in total. The lowest BCUT2D eigenvalue weighted by Crippen LogP contribution is -2.46. The zero-order valence-electron chi connectivity index (χ0n) is 14.7. The summed E-state index contributed by atoms with van der Waals surface area (Å²) in [5.74, 6) is -1.23. The van der Waals surface area contributed by atoms with Crippen LogP contribution in [0.1, 0.15) is 38.1 Å². The van der Waals surface area contributed by atoms with E-state index >= 15 is 0 Å². The first-order chi connectivity index (χ1) is 10.9. The third-order valence-electron chi connectivity index (χ3n) is 3.04. The summed E-state index contributed by atoms with van der Waals surface area (Å²) in [5.41, 5.74) is -0.275. The summed E-state index contributed by atoms with van der Waals surface area (Å²) in [6.07, 6.45) is -1.01. The molecule has 0 radical (unpaired) electrons. The third-order valence-corrected chi connectivity index (χ3v) is 3.04. The fraction of sp³-hybridized carbons (Fsp3) is 0.500. The average molecular weight is 337 g/mol. The van der Waals surface area contributed by atoms with Gasteiger partial charge >= 0.3 is 5.97 Å².